The van der Waals surface area contributed by atoms with E-state index in [0.29, 0.717) is 33.2 Å². The first kappa shape index (κ1) is 23.1. The number of anilines is 1. The normalized spacial score (nSPS) is 11.6. The third kappa shape index (κ3) is 5.00. The molecular weight excluding hydrogens is 432 g/mol. The van der Waals surface area contributed by atoms with Crippen LogP contribution in [0.3, 0.4) is 0 Å². The molecule has 1 aromatic heterocycles. The highest BCUT2D eigenvalue weighted by Crippen LogP contribution is 2.31. The monoisotopic (exact) mass is 454 g/mol. The van der Waals surface area contributed by atoms with E-state index in [2.05, 4.69) is 5.32 Å². The Balaban J connectivity index is 2.04. The van der Waals surface area contributed by atoms with Crippen LogP contribution in [0.15, 0.2) is 59.4 Å². The van der Waals surface area contributed by atoms with E-state index < -0.39 is 23.5 Å². The van der Waals surface area contributed by atoms with Crippen LogP contribution in [0.25, 0.3) is 11.1 Å². The first-order chi connectivity index (χ1) is 15.2. The van der Waals surface area contributed by atoms with Crippen LogP contribution in [0.4, 0.5) is 5.69 Å². The number of nitrogens with zero attached hydrogens (tertiary/aromatic N) is 1. The van der Waals surface area contributed by atoms with Gasteiger partial charge in [-0.3, -0.25) is 14.4 Å². The molecule has 0 fully saturated rings. The van der Waals surface area contributed by atoms with E-state index in [9.17, 15) is 19.5 Å². The summed E-state index contributed by atoms with van der Waals surface area (Å²) >= 11 is 6.00. The quantitative estimate of drug-likeness (QED) is 0.561. The Labute approximate surface area is 190 Å². The van der Waals surface area contributed by atoms with Crippen molar-refractivity contribution in [2.45, 2.75) is 26.4 Å². The molecule has 3 rings (SSSR count). The molecule has 2 N–H and O–H groups in total. The lowest BCUT2D eigenvalue weighted by Gasteiger charge is -2.21. The number of benzene rings is 2. The fraction of sp³-hybridized carbons (Fsp3) is 0.208. The summed E-state index contributed by atoms with van der Waals surface area (Å²) in [6.45, 7) is 3.26. The van der Waals surface area contributed by atoms with Crippen molar-refractivity contribution in [2.75, 3.05) is 5.32 Å². The van der Waals surface area contributed by atoms with E-state index in [1.54, 1.807) is 62.4 Å². The zero-order chi connectivity index (χ0) is 23.4. The molecule has 0 aliphatic heterocycles. The van der Waals surface area contributed by atoms with Crippen LogP contribution >= 0.6 is 11.6 Å². The summed E-state index contributed by atoms with van der Waals surface area (Å²) in [6, 6.07) is 15.7. The van der Waals surface area contributed by atoms with Crippen LogP contribution in [0.1, 0.15) is 18.2 Å². The van der Waals surface area contributed by atoms with Crippen LogP contribution < -0.4 is 15.6 Å². The van der Waals surface area contributed by atoms with Crippen molar-refractivity contribution in [3.63, 3.8) is 0 Å². The number of halogens is 1. The van der Waals surface area contributed by atoms with Crippen LogP contribution in [0, 0.1) is 6.92 Å². The Morgan fingerprint density at radius 2 is 1.75 bits per heavy atom. The number of rotatable bonds is 7. The SMILES string of the molecule is Cc1c(-c2ccc(Cl)cc2)c(CC(=O)O)n(C)c(=O)c1NC(=O)C(C)Oc1ccccc1. The van der Waals surface area contributed by atoms with Gasteiger partial charge >= 0.3 is 5.97 Å². The van der Waals surface area contributed by atoms with E-state index in [0.717, 1.165) is 0 Å². The number of amides is 1. The van der Waals surface area contributed by atoms with Gasteiger partial charge in [-0.15, -0.1) is 0 Å². The average molecular weight is 455 g/mol. The Morgan fingerprint density at radius 3 is 2.34 bits per heavy atom. The molecule has 3 aromatic rings. The van der Waals surface area contributed by atoms with Crippen molar-refractivity contribution >= 4 is 29.2 Å². The van der Waals surface area contributed by atoms with Gasteiger partial charge < -0.3 is 19.7 Å². The zero-order valence-corrected chi connectivity index (χ0v) is 18.6. The predicted octanol–water partition coefficient (Wildman–Crippen LogP) is 4.05. The van der Waals surface area contributed by atoms with Crippen molar-refractivity contribution in [3.05, 3.63) is 81.2 Å². The van der Waals surface area contributed by atoms with Gasteiger partial charge in [0.2, 0.25) is 0 Å². The largest absolute Gasteiger partial charge is 0.481 e. The van der Waals surface area contributed by atoms with Crippen LogP contribution in [-0.2, 0) is 23.1 Å². The minimum atomic E-state index is -1.07. The second-order valence-corrected chi connectivity index (χ2v) is 7.76. The number of hydrogen-bond acceptors (Lipinski definition) is 4. The number of pyridine rings is 1. The molecule has 32 heavy (non-hydrogen) atoms. The number of carbonyl (C=O) groups excluding carboxylic acids is 1. The standard InChI is InChI=1S/C24H23ClN2O5/c1-14-21(16-9-11-17(25)12-10-16)19(13-20(28)29)27(3)24(31)22(14)26-23(30)15(2)32-18-7-5-4-6-8-18/h4-12,15H,13H2,1-3H3,(H,26,30)(H,28,29). The molecule has 0 aliphatic carbocycles. The number of ether oxygens (including phenoxy) is 1. The number of para-hydroxylation sites is 1. The Morgan fingerprint density at radius 1 is 1.12 bits per heavy atom. The van der Waals surface area contributed by atoms with Crippen LogP contribution in [0.2, 0.25) is 5.02 Å². The highest BCUT2D eigenvalue weighted by molar-refractivity contribution is 6.30. The fourth-order valence-electron chi connectivity index (χ4n) is 3.44. The molecule has 166 valence electrons. The van der Waals surface area contributed by atoms with Gasteiger partial charge in [-0.1, -0.05) is 41.9 Å². The lowest BCUT2D eigenvalue weighted by atomic mass is 9.96. The first-order valence-corrected chi connectivity index (χ1v) is 10.3. The summed E-state index contributed by atoms with van der Waals surface area (Å²) in [4.78, 5) is 37.3. The highest BCUT2D eigenvalue weighted by Gasteiger charge is 2.24. The van der Waals surface area contributed by atoms with E-state index in [1.165, 1.54) is 11.6 Å². The molecule has 0 radical (unpaired) electrons. The minimum Gasteiger partial charge on any atom is -0.481 e. The number of carbonyl (C=O) groups is 2. The van der Waals surface area contributed by atoms with Crippen molar-refractivity contribution in [1.29, 1.82) is 0 Å². The maximum absolute atomic E-state index is 13.0. The molecule has 0 saturated heterocycles. The van der Waals surface area contributed by atoms with Crippen molar-refractivity contribution in [2.24, 2.45) is 7.05 Å². The lowest BCUT2D eigenvalue weighted by Crippen LogP contribution is -2.35. The number of carboxylic acids is 1. The summed E-state index contributed by atoms with van der Waals surface area (Å²) in [7, 11) is 1.49. The van der Waals surface area contributed by atoms with Crippen molar-refractivity contribution in [3.8, 4) is 16.9 Å². The molecule has 7 nitrogen and oxygen atoms in total. The number of carboxylic acid groups (broad SMARTS) is 1. The molecular formula is C24H23ClN2O5. The number of aromatic nitrogens is 1. The molecule has 1 amide bonds. The molecule has 0 spiro atoms. The van der Waals surface area contributed by atoms with Crippen molar-refractivity contribution in [1.82, 2.24) is 4.57 Å². The van der Waals surface area contributed by atoms with Gasteiger partial charge in [0.25, 0.3) is 11.5 Å². The topological polar surface area (TPSA) is 97.6 Å². The van der Waals surface area contributed by atoms with Gasteiger partial charge in [-0.25, -0.2) is 0 Å². The van der Waals surface area contributed by atoms with Gasteiger partial charge in [0.15, 0.2) is 6.10 Å². The van der Waals surface area contributed by atoms with Gasteiger partial charge in [0.05, 0.1) is 6.42 Å². The molecule has 1 atom stereocenters. The summed E-state index contributed by atoms with van der Waals surface area (Å²) in [5, 5.41) is 12.6. The third-order valence-electron chi connectivity index (χ3n) is 5.09. The molecule has 2 aromatic carbocycles. The summed E-state index contributed by atoms with van der Waals surface area (Å²) in [5.74, 6) is -1.04. The van der Waals surface area contributed by atoms with Gasteiger partial charge in [-0.05, 0) is 49.2 Å². The molecule has 1 heterocycles. The van der Waals surface area contributed by atoms with E-state index in [-0.39, 0.29) is 12.1 Å². The Bertz CT molecular complexity index is 1200. The number of nitrogens with one attached hydrogen (secondary N) is 1. The number of hydrogen-bond donors (Lipinski definition) is 2. The third-order valence-corrected chi connectivity index (χ3v) is 5.34. The van der Waals surface area contributed by atoms with Crippen LogP contribution in [0.5, 0.6) is 5.75 Å². The predicted molar refractivity (Wildman–Crippen MR) is 123 cm³/mol. The summed E-state index contributed by atoms with van der Waals surface area (Å²) in [5.41, 5.74) is 1.60. The second-order valence-electron chi connectivity index (χ2n) is 7.33. The maximum Gasteiger partial charge on any atom is 0.309 e. The first-order valence-electron chi connectivity index (χ1n) is 9.91. The number of aliphatic carboxylic acids is 1. The summed E-state index contributed by atoms with van der Waals surface area (Å²) in [6.07, 6.45) is -1.22. The second kappa shape index (κ2) is 9.70. The Kier molecular flexibility index (Phi) is 7.00. The fourth-order valence-corrected chi connectivity index (χ4v) is 3.56. The van der Waals surface area contributed by atoms with E-state index in [1.807, 2.05) is 6.07 Å². The lowest BCUT2D eigenvalue weighted by molar-refractivity contribution is -0.136. The smallest absolute Gasteiger partial charge is 0.309 e. The molecule has 0 aliphatic rings. The van der Waals surface area contributed by atoms with Gasteiger partial charge in [-0.2, -0.15) is 0 Å². The minimum absolute atomic E-state index is 0.0695. The molecule has 8 heteroatoms. The molecule has 0 saturated carbocycles. The average Bonchev–Trinajstić information content (AvgIpc) is 2.76. The Hall–Kier alpha value is -3.58. The zero-order valence-electron chi connectivity index (χ0n) is 17.9. The maximum atomic E-state index is 13.0. The van der Waals surface area contributed by atoms with Crippen LogP contribution in [-0.4, -0.2) is 27.7 Å². The highest BCUT2D eigenvalue weighted by atomic mass is 35.5. The van der Waals surface area contributed by atoms with Crippen molar-refractivity contribution < 1.29 is 19.4 Å². The van der Waals surface area contributed by atoms with Gasteiger partial charge in [0, 0.05) is 23.3 Å². The molecule has 1 unspecified atom stereocenters. The van der Waals surface area contributed by atoms with Gasteiger partial charge in [0.1, 0.15) is 11.4 Å². The molecule has 0 bridgehead atoms. The van der Waals surface area contributed by atoms with E-state index in [4.69, 9.17) is 16.3 Å². The van der Waals surface area contributed by atoms with E-state index >= 15 is 0 Å². The summed E-state index contributed by atoms with van der Waals surface area (Å²) < 4.78 is 6.90.